The monoisotopic (exact) mass is 231 g/mol. The van der Waals surface area contributed by atoms with Crippen LogP contribution in [-0.2, 0) is 9.47 Å². The van der Waals surface area contributed by atoms with Crippen molar-refractivity contribution in [2.75, 3.05) is 13.7 Å². The molecular formula is C14H17NO2. The quantitative estimate of drug-likeness (QED) is 0.732. The lowest BCUT2D eigenvalue weighted by Gasteiger charge is -2.22. The molecule has 0 saturated carbocycles. The Morgan fingerprint density at radius 3 is 2.47 bits per heavy atom. The Morgan fingerprint density at radius 1 is 1.29 bits per heavy atom. The molecule has 0 aliphatic rings. The summed E-state index contributed by atoms with van der Waals surface area (Å²) in [6.07, 6.45) is 3.87. The van der Waals surface area contributed by atoms with Gasteiger partial charge in [0.15, 0.2) is 5.79 Å². The molecule has 0 aliphatic heterocycles. The normalized spacial score (nSPS) is 11.6. The molecule has 90 valence electrons. The molecule has 0 unspecified atom stereocenters. The Balaban J connectivity index is 2.46. The van der Waals surface area contributed by atoms with Crippen molar-refractivity contribution in [3.05, 3.63) is 41.5 Å². The smallest absolute Gasteiger partial charge is 0.162 e. The second-order valence-corrected chi connectivity index (χ2v) is 4.05. The minimum atomic E-state index is -0.561. The fraction of sp³-hybridized carbons (Fsp3) is 0.357. The van der Waals surface area contributed by atoms with E-state index in [0.29, 0.717) is 12.2 Å². The van der Waals surface area contributed by atoms with E-state index in [1.165, 1.54) is 0 Å². The maximum atomic E-state index is 8.66. The number of hydrogen-bond donors (Lipinski definition) is 0. The Morgan fingerprint density at radius 2 is 1.94 bits per heavy atom. The number of ether oxygens (including phenoxy) is 2. The zero-order valence-electron chi connectivity index (χ0n) is 10.4. The maximum Gasteiger partial charge on any atom is 0.162 e. The molecule has 0 aliphatic carbocycles. The molecule has 0 spiro atoms. The van der Waals surface area contributed by atoms with Gasteiger partial charge in [-0.2, -0.15) is 5.26 Å². The number of nitrogens with zero attached hydrogens (tertiary/aromatic N) is 1. The molecule has 0 bridgehead atoms. The van der Waals surface area contributed by atoms with Crippen LogP contribution in [0, 0.1) is 11.3 Å². The predicted molar refractivity (Wildman–Crippen MR) is 67.2 cm³/mol. The van der Waals surface area contributed by atoms with E-state index in [4.69, 9.17) is 14.7 Å². The molecule has 0 amide bonds. The second-order valence-electron chi connectivity index (χ2n) is 4.05. The van der Waals surface area contributed by atoms with E-state index >= 15 is 0 Å². The first-order valence-electron chi connectivity index (χ1n) is 5.43. The van der Waals surface area contributed by atoms with Gasteiger partial charge in [-0.3, -0.25) is 0 Å². The molecule has 0 N–H and O–H groups in total. The van der Waals surface area contributed by atoms with Crippen LogP contribution in [0.2, 0.25) is 0 Å². The fourth-order valence-corrected chi connectivity index (χ4v) is 1.16. The van der Waals surface area contributed by atoms with Crippen LogP contribution >= 0.6 is 0 Å². The maximum absolute atomic E-state index is 8.66. The van der Waals surface area contributed by atoms with E-state index in [2.05, 4.69) is 6.07 Å². The molecule has 0 fully saturated rings. The van der Waals surface area contributed by atoms with Crippen molar-refractivity contribution in [2.45, 2.75) is 19.6 Å². The molecule has 0 saturated heterocycles. The molecule has 17 heavy (non-hydrogen) atoms. The van der Waals surface area contributed by atoms with Gasteiger partial charge in [0.1, 0.15) is 0 Å². The number of benzene rings is 1. The summed E-state index contributed by atoms with van der Waals surface area (Å²) in [5, 5.41) is 8.66. The highest BCUT2D eigenvalue weighted by atomic mass is 16.7. The summed E-state index contributed by atoms with van der Waals surface area (Å²) in [7, 11) is 1.62. The summed E-state index contributed by atoms with van der Waals surface area (Å²) in [4.78, 5) is 0. The van der Waals surface area contributed by atoms with Gasteiger partial charge in [0.2, 0.25) is 0 Å². The lowest BCUT2D eigenvalue weighted by Crippen LogP contribution is -2.26. The van der Waals surface area contributed by atoms with Crippen LogP contribution in [0.3, 0.4) is 0 Å². The summed E-state index contributed by atoms with van der Waals surface area (Å²) >= 11 is 0. The SMILES string of the molecule is COC(C)(C)OC/C=C/c1ccc(C#N)cc1. The number of methoxy groups -OCH3 is 1. The molecule has 0 aromatic heterocycles. The van der Waals surface area contributed by atoms with Crippen LogP contribution < -0.4 is 0 Å². The Kier molecular flexibility index (Phi) is 4.89. The van der Waals surface area contributed by atoms with Gasteiger partial charge >= 0.3 is 0 Å². The van der Waals surface area contributed by atoms with Gasteiger partial charge in [-0.25, -0.2) is 0 Å². The predicted octanol–water partition coefficient (Wildman–Crippen LogP) is 2.97. The first kappa shape index (κ1) is 13.4. The minimum absolute atomic E-state index is 0.487. The third-order valence-electron chi connectivity index (χ3n) is 2.37. The van der Waals surface area contributed by atoms with Crippen LogP contribution in [-0.4, -0.2) is 19.5 Å². The van der Waals surface area contributed by atoms with Crippen molar-refractivity contribution in [2.24, 2.45) is 0 Å². The lowest BCUT2D eigenvalue weighted by molar-refractivity contribution is -0.189. The standard InChI is InChI=1S/C14H17NO2/c1-14(2,16-3)17-10-4-5-12-6-8-13(11-15)9-7-12/h4-9H,10H2,1-3H3/b5-4+. The number of nitriles is 1. The van der Waals surface area contributed by atoms with Crippen LogP contribution in [0.4, 0.5) is 0 Å². The zero-order valence-corrected chi connectivity index (χ0v) is 10.4. The summed E-state index contributed by atoms with van der Waals surface area (Å²) in [5.41, 5.74) is 1.71. The van der Waals surface area contributed by atoms with Crippen molar-refractivity contribution in [1.29, 1.82) is 5.26 Å². The first-order valence-corrected chi connectivity index (χ1v) is 5.43. The highest BCUT2D eigenvalue weighted by molar-refractivity contribution is 5.50. The largest absolute Gasteiger partial charge is 0.354 e. The molecule has 1 rings (SSSR count). The van der Waals surface area contributed by atoms with E-state index in [-0.39, 0.29) is 0 Å². The van der Waals surface area contributed by atoms with Gasteiger partial charge in [-0.05, 0) is 31.5 Å². The van der Waals surface area contributed by atoms with Crippen LogP contribution in [0.25, 0.3) is 6.08 Å². The third kappa shape index (κ3) is 4.81. The average molecular weight is 231 g/mol. The molecule has 3 heteroatoms. The highest BCUT2D eigenvalue weighted by Crippen LogP contribution is 2.10. The van der Waals surface area contributed by atoms with E-state index < -0.39 is 5.79 Å². The van der Waals surface area contributed by atoms with Crippen LogP contribution in [0.5, 0.6) is 0 Å². The van der Waals surface area contributed by atoms with Crippen molar-refractivity contribution < 1.29 is 9.47 Å². The zero-order chi connectivity index (χ0) is 12.7. The van der Waals surface area contributed by atoms with Crippen molar-refractivity contribution in [3.8, 4) is 6.07 Å². The second kappa shape index (κ2) is 6.19. The molecule has 1 aromatic rings. The van der Waals surface area contributed by atoms with Gasteiger partial charge in [-0.1, -0.05) is 24.3 Å². The summed E-state index contributed by atoms with van der Waals surface area (Å²) in [6.45, 7) is 4.21. The topological polar surface area (TPSA) is 42.2 Å². The van der Waals surface area contributed by atoms with E-state index in [0.717, 1.165) is 5.56 Å². The highest BCUT2D eigenvalue weighted by Gasteiger charge is 2.14. The van der Waals surface area contributed by atoms with Crippen LogP contribution in [0.1, 0.15) is 25.0 Å². The number of rotatable bonds is 5. The average Bonchev–Trinajstić information content (AvgIpc) is 2.35. The number of hydrogen-bond acceptors (Lipinski definition) is 3. The molecule has 0 heterocycles. The third-order valence-corrected chi connectivity index (χ3v) is 2.37. The van der Waals surface area contributed by atoms with E-state index in [1.807, 2.05) is 38.1 Å². The summed E-state index contributed by atoms with van der Waals surface area (Å²) in [5.74, 6) is -0.561. The molecule has 1 aromatic carbocycles. The van der Waals surface area contributed by atoms with Crippen molar-refractivity contribution in [3.63, 3.8) is 0 Å². The summed E-state index contributed by atoms with van der Waals surface area (Å²) < 4.78 is 10.6. The molecule has 3 nitrogen and oxygen atoms in total. The molecule has 0 atom stereocenters. The summed E-state index contributed by atoms with van der Waals surface area (Å²) in [6, 6.07) is 9.46. The van der Waals surface area contributed by atoms with E-state index in [9.17, 15) is 0 Å². The lowest BCUT2D eigenvalue weighted by atomic mass is 10.1. The van der Waals surface area contributed by atoms with Crippen molar-refractivity contribution in [1.82, 2.24) is 0 Å². The van der Waals surface area contributed by atoms with Gasteiger partial charge in [0.25, 0.3) is 0 Å². The first-order chi connectivity index (χ1) is 8.07. The molecule has 0 radical (unpaired) electrons. The Bertz CT molecular complexity index is 413. The Labute approximate surface area is 102 Å². The van der Waals surface area contributed by atoms with Gasteiger partial charge in [-0.15, -0.1) is 0 Å². The van der Waals surface area contributed by atoms with Gasteiger partial charge < -0.3 is 9.47 Å². The van der Waals surface area contributed by atoms with Crippen molar-refractivity contribution >= 4 is 6.08 Å². The molecular weight excluding hydrogens is 214 g/mol. The van der Waals surface area contributed by atoms with Gasteiger partial charge in [0.05, 0.1) is 18.2 Å². The minimum Gasteiger partial charge on any atom is -0.354 e. The van der Waals surface area contributed by atoms with E-state index in [1.54, 1.807) is 19.2 Å². The van der Waals surface area contributed by atoms with Gasteiger partial charge in [0, 0.05) is 7.11 Å². The Hall–Kier alpha value is -1.63. The van der Waals surface area contributed by atoms with Crippen LogP contribution in [0.15, 0.2) is 30.3 Å². The fourth-order valence-electron chi connectivity index (χ4n) is 1.16.